The monoisotopic (exact) mass is 162 g/mol. The van der Waals surface area contributed by atoms with Crippen LogP contribution in [0.2, 0.25) is 0 Å². The maximum absolute atomic E-state index is 9.26. The Balaban J connectivity index is 2.57. The summed E-state index contributed by atoms with van der Waals surface area (Å²) < 4.78 is 9.97. The summed E-state index contributed by atoms with van der Waals surface area (Å²) >= 11 is 0. The van der Waals surface area contributed by atoms with Crippen molar-refractivity contribution >= 4 is 0 Å². The standard InChI is InChI=1S/C7H14O4/c1-3-4-6(10-2)5(8)7(9)11-4/h4-9H,3H2,1-2H3/t4-,5-,6-,7?/m1/s1. The van der Waals surface area contributed by atoms with Crippen molar-refractivity contribution in [2.75, 3.05) is 7.11 Å². The van der Waals surface area contributed by atoms with Gasteiger partial charge in [0.1, 0.15) is 12.2 Å². The van der Waals surface area contributed by atoms with Crippen LogP contribution in [0.1, 0.15) is 13.3 Å². The first-order chi connectivity index (χ1) is 5.20. The van der Waals surface area contributed by atoms with Gasteiger partial charge in [0, 0.05) is 7.11 Å². The molecule has 2 N–H and O–H groups in total. The van der Waals surface area contributed by atoms with Crippen LogP contribution >= 0.6 is 0 Å². The van der Waals surface area contributed by atoms with Gasteiger partial charge in [-0.3, -0.25) is 0 Å². The second-order valence-electron chi connectivity index (χ2n) is 2.66. The first kappa shape index (κ1) is 8.93. The highest BCUT2D eigenvalue weighted by molar-refractivity contribution is 4.85. The molecule has 1 saturated heterocycles. The van der Waals surface area contributed by atoms with Crippen molar-refractivity contribution in [3.8, 4) is 0 Å². The summed E-state index contributed by atoms with van der Waals surface area (Å²) in [7, 11) is 1.50. The third-order valence-corrected chi connectivity index (χ3v) is 1.98. The van der Waals surface area contributed by atoms with Crippen LogP contribution in [0.3, 0.4) is 0 Å². The fourth-order valence-electron chi connectivity index (χ4n) is 1.34. The number of hydrogen-bond acceptors (Lipinski definition) is 4. The van der Waals surface area contributed by atoms with Gasteiger partial charge in [0.15, 0.2) is 6.29 Å². The van der Waals surface area contributed by atoms with Crippen molar-refractivity contribution in [1.82, 2.24) is 0 Å². The van der Waals surface area contributed by atoms with E-state index in [2.05, 4.69) is 0 Å². The molecule has 0 amide bonds. The lowest BCUT2D eigenvalue weighted by atomic mass is 10.1. The van der Waals surface area contributed by atoms with E-state index in [1.54, 1.807) is 0 Å². The molecule has 0 aromatic carbocycles. The SMILES string of the molecule is CC[C@H]1OC(O)[C@H](O)[C@@H]1OC. The van der Waals surface area contributed by atoms with Gasteiger partial charge in [0.2, 0.25) is 0 Å². The molecule has 0 bridgehead atoms. The van der Waals surface area contributed by atoms with Crippen molar-refractivity contribution in [2.45, 2.75) is 37.9 Å². The predicted octanol–water partition coefficient (Wildman–Crippen LogP) is -0.511. The van der Waals surface area contributed by atoms with E-state index < -0.39 is 18.5 Å². The molecule has 4 nitrogen and oxygen atoms in total. The largest absolute Gasteiger partial charge is 0.385 e. The Morgan fingerprint density at radius 3 is 2.45 bits per heavy atom. The molecule has 1 unspecified atom stereocenters. The quantitative estimate of drug-likeness (QED) is 0.574. The predicted molar refractivity (Wildman–Crippen MR) is 38.0 cm³/mol. The molecular weight excluding hydrogens is 148 g/mol. The smallest absolute Gasteiger partial charge is 0.183 e. The topological polar surface area (TPSA) is 58.9 Å². The third-order valence-electron chi connectivity index (χ3n) is 1.98. The number of aliphatic hydroxyl groups is 2. The minimum atomic E-state index is -1.09. The van der Waals surface area contributed by atoms with Gasteiger partial charge in [0.05, 0.1) is 6.10 Å². The number of ether oxygens (including phenoxy) is 2. The summed E-state index contributed by atoms with van der Waals surface area (Å²) in [5, 5.41) is 18.3. The average molecular weight is 162 g/mol. The van der Waals surface area contributed by atoms with E-state index in [-0.39, 0.29) is 6.10 Å². The molecular formula is C7H14O4. The fraction of sp³-hybridized carbons (Fsp3) is 1.00. The van der Waals surface area contributed by atoms with E-state index in [1.807, 2.05) is 6.92 Å². The molecule has 1 aliphatic rings. The van der Waals surface area contributed by atoms with Crippen molar-refractivity contribution in [3.05, 3.63) is 0 Å². The maximum Gasteiger partial charge on any atom is 0.183 e. The van der Waals surface area contributed by atoms with Gasteiger partial charge in [-0.05, 0) is 6.42 Å². The minimum Gasteiger partial charge on any atom is -0.385 e. The van der Waals surface area contributed by atoms with E-state index in [0.717, 1.165) is 6.42 Å². The van der Waals surface area contributed by atoms with Gasteiger partial charge < -0.3 is 19.7 Å². The molecule has 1 fully saturated rings. The van der Waals surface area contributed by atoms with Crippen molar-refractivity contribution in [2.24, 2.45) is 0 Å². The summed E-state index contributed by atoms with van der Waals surface area (Å²) in [6.07, 6.45) is -1.86. The zero-order valence-corrected chi connectivity index (χ0v) is 6.73. The second kappa shape index (κ2) is 3.49. The molecule has 1 rings (SSSR count). The summed E-state index contributed by atoms with van der Waals surface area (Å²) in [6.45, 7) is 1.92. The molecule has 4 atom stereocenters. The minimum absolute atomic E-state index is 0.190. The van der Waals surface area contributed by atoms with Gasteiger partial charge in [-0.1, -0.05) is 6.92 Å². The molecule has 0 spiro atoms. The molecule has 0 aliphatic carbocycles. The number of rotatable bonds is 2. The maximum atomic E-state index is 9.26. The molecule has 1 heterocycles. The zero-order valence-electron chi connectivity index (χ0n) is 6.73. The Hall–Kier alpha value is -0.160. The van der Waals surface area contributed by atoms with Crippen molar-refractivity contribution in [3.63, 3.8) is 0 Å². The van der Waals surface area contributed by atoms with Crippen LogP contribution in [0.5, 0.6) is 0 Å². The lowest BCUT2D eigenvalue weighted by Crippen LogP contribution is -2.33. The first-order valence-electron chi connectivity index (χ1n) is 3.75. The van der Waals surface area contributed by atoms with Crippen LogP contribution in [0.4, 0.5) is 0 Å². The van der Waals surface area contributed by atoms with Gasteiger partial charge in [-0.2, -0.15) is 0 Å². The molecule has 1 aliphatic heterocycles. The third kappa shape index (κ3) is 1.54. The first-order valence-corrected chi connectivity index (χ1v) is 3.75. The molecule has 11 heavy (non-hydrogen) atoms. The van der Waals surface area contributed by atoms with Gasteiger partial charge >= 0.3 is 0 Å². The molecule has 0 aromatic rings. The van der Waals surface area contributed by atoms with Gasteiger partial charge in [-0.25, -0.2) is 0 Å². The molecule has 0 aromatic heterocycles. The molecule has 66 valence electrons. The Labute approximate surface area is 65.7 Å². The fourth-order valence-corrected chi connectivity index (χ4v) is 1.34. The van der Waals surface area contributed by atoms with Crippen molar-refractivity contribution in [1.29, 1.82) is 0 Å². The van der Waals surface area contributed by atoms with E-state index in [0.29, 0.717) is 0 Å². The average Bonchev–Trinajstić information content (AvgIpc) is 2.28. The summed E-state index contributed by atoms with van der Waals surface area (Å²) in [5.41, 5.74) is 0. The lowest BCUT2D eigenvalue weighted by molar-refractivity contribution is -0.127. The van der Waals surface area contributed by atoms with Crippen LogP contribution < -0.4 is 0 Å². The summed E-state index contributed by atoms with van der Waals surface area (Å²) in [6, 6.07) is 0. The van der Waals surface area contributed by atoms with Gasteiger partial charge in [-0.15, -0.1) is 0 Å². The van der Waals surface area contributed by atoms with Crippen LogP contribution in [0, 0.1) is 0 Å². The Kier molecular flexibility index (Phi) is 2.84. The number of methoxy groups -OCH3 is 1. The zero-order chi connectivity index (χ0) is 8.43. The Bertz CT molecular complexity index is 128. The lowest BCUT2D eigenvalue weighted by Gasteiger charge is -2.15. The van der Waals surface area contributed by atoms with Crippen LogP contribution in [0.15, 0.2) is 0 Å². The Morgan fingerprint density at radius 2 is 2.09 bits per heavy atom. The van der Waals surface area contributed by atoms with E-state index >= 15 is 0 Å². The normalized spacial score (nSPS) is 44.7. The molecule has 4 heteroatoms. The van der Waals surface area contributed by atoms with Crippen LogP contribution in [-0.4, -0.2) is 41.9 Å². The highest BCUT2D eigenvalue weighted by atomic mass is 16.7. The Morgan fingerprint density at radius 1 is 1.45 bits per heavy atom. The van der Waals surface area contributed by atoms with Crippen molar-refractivity contribution < 1.29 is 19.7 Å². The van der Waals surface area contributed by atoms with Crippen LogP contribution in [0.25, 0.3) is 0 Å². The van der Waals surface area contributed by atoms with Crippen LogP contribution in [-0.2, 0) is 9.47 Å². The summed E-state index contributed by atoms with van der Waals surface area (Å²) in [4.78, 5) is 0. The van der Waals surface area contributed by atoms with E-state index in [1.165, 1.54) is 7.11 Å². The number of aliphatic hydroxyl groups excluding tert-OH is 2. The van der Waals surface area contributed by atoms with Gasteiger partial charge in [0.25, 0.3) is 0 Å². The van der Waals surface area contributed by atoms with E-state index in [9.17, 15) is 5.11 Å². The second-order valence-corrected chi connectivity index (χ2v) is 2.66. The highest BCUT2D eigenvalue weighted by Gasteiger charge is 2.41. The number of hydrogen-bond donors (Lipinski definition) is 2. The highest BCUT2D eigenvalue weighted by Crippen LogP contribution is 2.23. The van der Waals surface area contributed by atoms with E-state index in [4.69, 9.17) is 14.6 Å². The summed E-state index contributed by atoms with van der Waals surface area (Å²) in [5.74, 6) is 0. The molecule has 0 radical (unpaired) electrons. The molecule has 0 saturated carbocycles.